The van der Waals surface area contributed by atoms with Gasteiger partial charge in [-0.05, 0) is 89.6 Å². The lowest BCUT2D eigenvalue weighted by Gasteiger charge is -2.40. The summed E-state index contributed by atoms with van der Waals surface area (Å²) < 4.78 is 11.9. The molecule has 0 radical (unpaired) electrons. The van der Waals surface area contributed by atoms with E-state index in [0.29, 0.717) is 0 Å². The Morgan fingerprint density at radius 2 is 1.57 bits per heavy atom. The Morgan fingerprint density at radius 3 is 2.24 bits per heavy atom. The fourth-order valence-corrected chi connectivity index (χ4v) is 6.43. The van der Waals surface area contributed by atoms with Crippen LogP contribution >= 0.6 is 27.7 Å². The van der Waals surface area contributed by atoms with Crippen LogP contribution in [0, 0.1) is 0 Å². The van der Waals surface area contributed by atoms with E-state index < -0.39 is 0 Å². The standard InChI is InChI=1S/C31H27BrN2O2S/c1-35-25-14-6-20(7-15-25)18-23-4-3-5-27-29(23)33-31-34(30(27)22-10-16-26(36-2)17-11-22)28(19-37-31)21-8-12-24(32)13-9-21/h6-19,30H,3-5H2,1-2H3. The van der Waals surface area contributed by atoms with Gasteiger partial charge >= 0.3 is 0 Å². The zero-order chi connectivity index (χ0) is 25.4. The fraction of sp³-hybridized carbons (Fsp3) is 0.194. The van der Waals surface area contributed by atoms with Gasteiger partial charge in [0.1, 0.15) is 11.5 Å². The average molecular weight is 572 g/mol. The fourth-order valence-electron chi connectivity index (χ4n) is 5.23. The molecule has 0 saturated heterocycles. The molecule has 3 aliphatic rings. The molecule has 0 saturated carbocycles. The summed E-state index contributed by atoms with van der Waals surface area (Å²) in [6, 6.07) is 25.4. The molecule has 0 aromatic heterocycles. The number of ether oxygens (including phenoxy) is 2. The second-order valence-corrected chi connectivity index (χ2v) is 11.0. The lowest BCUT2D eigenvalue weighted by atomic mass is 9.82. The van der Waals surface area contributed by atoms with Crippen LogP contribution in [-0.2, 0) is 0 Å². The summed E-state index contributed by atoms with van der Waals surface area (Å²) in [5.74, 6) is 1.73. The first-order valence-electron chi connectivity index (χ1n) is 12.4. The number of methoxy groups -OCH3 is 2. The second-order valence-electron chi connectivity index (χ2n) is 9.24. The van der Waals surface area contributed by atoms with E-state index >= 15 is 0 Å². The number of hydrogen-bond donors (Lipinski definition) is 0. The van der Waals surface area contributed by atoms with Gasteiger partial charge in [-0.25, -0.2) is 4.99 Å². The maximum atomic E-state index is 5.46. The molecule has 0 spiro atoms. The summed E-state index contributed by atoms with van der Waals surface area (Å²) in [6.07, 6.45) is 5.45. The Morgan fingerprint density at radius 1 is 0.892 bits per heavy atom. The van der Waals surface area contributed by atoms with E-state index in [9.17, 15) is 0 Å². The highest BCUT2D eigenvalue weighted by atomic mass is 79.9. The van der Waals surface area contributed by atoms with E-state index in [2.05, 4.69) is 93.0 Å². The number of halogens is 1. The van der Waals surface area contributed by atoms with E-state index in [0.717, 1.165) is 46.1 Å². The number of hydrogen-bond acceptors (Lipinski definition) is 5. The smallest absolute Gasteiger partial charge is 0.174 e. The molecule has 0 N–H and O–H groups in total. The maximum absolute atomic E-state index is 5.46. The van der Waals surface area contributed by atoms with Gasteiger partial charge in [0.15, 0.2) is 5.17 Å². The highest BCUT2D eigenvalue weighted by molar-refractivity contribution is 9.10. The van der Waals surface area contributed by atoms with Gasteiger partial charge in [-0.1, -0.05) is 64.1 Å². The number of rotatable bonds is 5. The molecule has 0 bridgehead atoms. The Kier molecular flexibility index (Phi) is 6.70. The minimum absolute atomic E-state index is 0.0814. The Bertz CT molecular complexity index is 1440. The lowest BCUT2D eigenvalue weighted by molar-refractivity contribution is 0.413. The molecule has 1 unspecified atom stereocenters. The van der Waals surface area contributed by atoms with Gasteiger partial charge in [0.25, 0.3) is 0 Å². The molecule has 1 aliphatic carbocycles. The normalized spacial score (nSPS) is 19.8. The average Bonchev–Trinajstić information content (AvgIpc) is 3.36. The van der Waals surface area contributed by atoms with Crippen LogP contribution in [0.15, 0.2) is 105 Å². The molecule has 1 atom stereocenters. The Labute approximate surface area is 230 Å². The van der Waals surface area contributed by atoms with E-state index in [4.69, 9.17) is 14.5 Å². The zero-order valence-electron chi connectivity index (χ0n) is 20.8. The lowest BCUT2D eigenvalue weighted by Crippen LogP contribution is -2.34. The van der Waals surface area contributed by atoms with Crippen molar-refractivity contribution in [1.29, 1.82) is 0 Å². The first-order valence-corrected chi connectivity index (χ1v) is 14.0. The van der Waals surface area contributed by atoms with Gasteiger partial charge < -0.3 is 14.4 Å². The summed E-state index contributed by atoms with van der Waals surface area (Å²) >= 11 is 5.29. The Balaban J connectivity index is 1.46. The molecule has 186 valence electrons. The van der Waals surface area contributed by atoms with Gasteiger partial charge in [-0.15, -0.1) is 0 Å². The molecular weight excluding hydrogens is 544 g/mol. The van der Waals surface area contributed by atoms with Crippen molar-refractivity contribution in [3.05, 3.63) is 116 Å². The van der Waals surface area contributed by atoms with Crippen molar-refractivity contribution in [2.24, 2.45) is 4.99 Å². The number of amidine groups is 1. The molecule has 2 aliphatic heterocycles. The highest BCUT2D eigenvalue weighted by Gasteiger charge is 2.40. The predicted octanol–water partition coefficient (Wildman–Crippen LogP) is 8.45. The van der Waals surface area contributed by atoms with Crippen molar-refractivity contribution in [3.8, 4) is 11.5 Å². The minimum atomic E-state index is 0.0814. The van der Waals surface area contributed by atoms with Crippen molar-refractivity contribution in [1.82, 2.24) is 4.90 Å². The van der Waals surface area contributed by atoms with E-state index in [1.54, 1.807) is 26.0 Å². The van der Waals surface area contributed by atoms with E-state index in [-0.39, 0.29) is 6.04 Å². The Hall–Kier alpha value is -3.22. The van der Waals surface area contributed by atoms with Crippen molar-refractivity contribution in [2.75, 3.05) is 14.2 Å². The van der Waals surface area contributed by atoms with Crippen LogP contribution in [0.3, 0.4) is 0 Å². The van der Waals surface area contributed by atoms with Gasteiger partial charge in [0.05, 0.1) is 31.7 Å². The monoisotopic (exact) mass is 570 g/mol. The quantitative estimate of drug-likeness (QED) is 0.308. The molecule has 37 heavy (non-hydrogen) atoms. The zero-order valence-corrected chi connectivity index (χ0v) is 23.2. The summed E-state index contributed by atoms with van der Waals surface area (Å²) in [4.78, 5) is 7.71. The first-order chi connectivity index (χ1) is 18.1. The van der Waals surface area contributed by atoms with Crippen molar-refractivity contribution < 1.29 is 9.47 Å². The molecule has 4 nitrogen and oxygen atoms in total. The van der Waals surface area contributed by atoms with Gasteiger partial charge in [-0.2, -0.15) is 0 Å². The molecular formula is C31H27BrN2O2S. The highest BCUT2D eigenvalue weighted by Crippen LogP contribution is 2.51. The van der Waals surface area contributed by atoms with Gasteiger partial charge in [0.2, 0.25) is 0 Å². The molecule has 0 fully saturated rings. The molecule has 3 aromatic carbocycles. The largest absolute Gasteiger partial charge is 0.497 e. The molecule has 6 rings (SSSR count). The van der Waals surface area contributed by atoms with E-state index in [1.807, 2.05) is 12.1 Å². The number of allylic oxidation sites excluding steroid dienone is 1. The van der Waals surface area contributed by atoms with Crippen molar-refractivity contribution in [2.45, 2.75) is 25.3 Å². The van der Waals surface area contributed by atoms with Crippen LogP contribution in [0.5, 0.6) is 11.5 Å². The van der Waals surface area contributed by atoms with Crippen molar-refractivity contribution >= 4 is 44.6 Å². The SMILES string of the molecule is COc1ccc(C=C2CCCC3=C2N=C2SC=C(c4ccc(Br)cc4)N2C3c2ccc(OC)cc2)cc1. The first kappa shape index (κ1) is 24.1. The molecule has 2 heterocycles. The summed E-state index contributed by atoms with van der Waals surface area (Å²) in [5, 5.41) is 3.27. The van der Waals surface area contributed by atoms with Crippen LogP contribution in [0.2, 0.25) is 0 Å². The molecule has 6 heteroatoms. The van der Waals surface area contributed by atoms with Crippen LogP contribution in [-0.4, -0.2) is 24.3 Å². The summed E-state index contributed by atoms with van der Waals surface area (Å²) in [5.41, 5.74) is 8.62. The molecule has 3 aromatic rings. The van der Waals surface area contributed by atoms with Crippen LogP contribution in [0.25, 0.3) is 11.8 Å². The third-order valence-corrected chi connectivity index (χ3v) is 8.43. The number of fused-ring (bicyclic) bond motifs is 1. The minimum Gasteiger partial charge on any atom is -0.497 e. The van der Waals surface area contributed by atoms with Gasteiger partial charge in [0, 0.05) is 9.88 Å². The van der Waals surface area contributed by atoms with Crippen molar-refractivity contribution in [3.63, 3.8) is 0 Å². The van der Waals surface area contributed by atoms with Gasteiger partial charge in [-0.3, -0.25) is 0 Å². The predicted molar refractivity (Wildman–Crippen MR) is 157 cm³/mol. The number of aliphatic imine (C=N–C) groups is 1. The second kappa shape index (κ2) is 10.3. The third kappa shape index (κ3) is 4.64. The topological polar surface area (TPSA) is 34.1 Å². The summed E-state index contributed by atoms with van der Waals surface area (Å²) in [6.45, 7) is 0. The van der Waals surface area contributed by atoms with Crippen LogP contribution in [0.4, 0.5) is 0 Å². The van der Waals surface area contributed by atoms with Crippen LogP contribution in [0.1, 0.15) is 42.0 Å². The molecule has 0 amide bonds. The number of benzene rings is 3. The van der Waals surface area contributed by atoms with Crippen LogP contribution < -0.4 is 9.47 Å². The number of nitrogens with zero attached hydrogens (tertiary/aromatic N) is 2. The third-order valence-electron chi connectivity index (χ3n) is 7.07. The number of thioether (sulfide) groups is 1. The summed E-state index contributed by atoms with van der Waals surface area (Å²) in [7, 11) is 3.41. The maximum Gasteiger partial charge on any atom is 0.174 e. The van der Waals surface area contributed by atoms with E-state index in [1.165, 1.54) is 33.5 Å².